The zero-order valence-corrected chi connectivity index (χ0v) is 13.3. The molecule has 5 aliphatic rings. The third-order valence-electron chi connectivity index (χ3n) is 5.99. The highest BCUT2D eigenvalue weighted by Crippen LogP contribution is 2.53. The summed E-state index contributed by atoms with van der Waals surface area (Å²) < 4.78 is 0. The third-order valence-corrected chi connectivity index (χ3v) is 5.99. The quantitative estimate of drug-likeness (QED) is 0.819. The molecule has 4 heteroatoms. The fraction of sp³-hybridized carbons (Fsp3) is 1.00. The predicted molar refractivity (Wildman–Crippen MR) is 84.4 cm³/mol. The van der Waals surface area contributed by atoms with Crippen LogP contribution in [-0.4, -0.2) is 25.2 Å². The lowest BCUT2D eigenvalue weighted by Crippen LogP contribution is -2.57. The number of piperidine rings is 1. The van der Waals surface area contributed by atoms with Gasteiger partial charge in [0, 0.05) is 12.1 Å². The van der Waals surface area contributed by atoms with E-state index in [1.807, 2.05) is 0 Å². The molecule has 1 aliphatic heterocycles. The molecule has 2 nitrogen and oxygen atoms in total. The van der Waals surface area contributed by atoms with Gasteiger partial charge >= 0.3 is 0 Å². The molecular formula is C15H28Cl2N2. The van der Waals surface area contributed by atoms with Crippen LogP contribution in [0.5, 0.6) is 0 Å². The highest BCUT2D eigenvalue weighted by molar-refractivity contribution is 5.85. The Hall–Kier alpha value is 0.500. The van der Waals surface area contributed by atoms with Crippen molar-refractivity contribution in [3.8, 4) is 0 Å². The van der Waals surface area contributed by atoms with Crippen LogP contribution in [0.4, 0.5) is 0 Å². The maximum absolute atomic E-state index is 4.06. The first-order valence-electron chi connectivity index (χ1n) is 7.85. The van der Waals surface area contributed by atoms with Crippen LogP contribution in [0.1, 0.15) is 44.9 Å². The van der Waals surface area contributed by atoms with Crippen molar-refractivity contribution < 1.29 is 0 Å². The summed E-state index contributed by atoms with van der Waals surface area (Å²) in [7, 11) is 0. The largest absolute Gasteiger partial charge is 0.317 e. The Morgan fingerprint density at radius 3 is 1.79 bits per heavy atom. The summed E-state index contributed by atoms with van der Waals surface area (Å²) in [5.74, 6) is 4.31. The molecule has 0 radical (unpaired) electrons. The number of nitrogens with one attached hydrogen (secondary N) is 2. The lowest BCUT2D eigenvalue weighted by Gasteiger charge is -2.55. The van der Waals surface area contributed by atoms with E-state index in [-0.39, 0.29) is 24.8 Å². The van der Waals surface area contributed by atoms with Gasteiger partial charge in [0.1, 0.15) is 0 Å². The molecule has 0 atom stereocenters. The molecule has 4 aliphatic carbocycles. The summed E-state index contributed by atoms with van der Waals surface area (Å²) in [6.07, 6.45) is 10.5. The van der Waals surface area contributed by atoms with Crippen molar-refractivity contribution >= 4 is 24.8 Å². The highest BCUT2D eigenvalue weighted by atomic mass is 35.5. The normalized spacial score (nSPS) is 44.5. The van der Waals surface area contributed by atoms with Gasteiger partial charge in [0.25, 0.3) is 0 Å². The second-order valence-corrected chi connectivity index (χ2v) is 7.15. The van der Waals surface area contributed by atoms with Crippen LogP contribution in [0, 0.1) is 23.7 Å². The molecular weight excluding hydrogens is 279 g/mol. The SMILES string of the molecule is C1CC(NC2C3CC4CC(C3)CC2C4)CCN1.Cl.Cl. The van der Waals surface area contributed by atoms with Gasteiger partial charge < -0.3 is 10.6 Å². The molecule has 5 fully saturated rings. The number of hydrogen-bond acceptors (Lipinski definition) is 2. The Bertz CT molecular complexity index is 264. The third kappa shape index (κ3) is 3.07. The van der Waals surface area contributed by atoms with E-state index in [1.54, 1.807) is 32.1 Å². The molecule has 19 heavy (non-hydrogen) atoms. The van der Waals surface area contributed by atoms with Crippen molar-refractivity contribution in [3.63, 3.8) is 0 Å². The standard InChI is InChI=1S/C15H26N2.2ClH/c1-3-16-4-2-14(1)17-15-12-6-10-5-11(8-12)9-13(15)7-10;;/h10-17H,1-9H2;2*1H. The minimum atomic E-state index is 0. The Morgan fingerprint density at radius 1 is 0.737 bits per heavy atom. The van der Waals surface area contributed by atoms with E-state index in [1.165, 1.54) is 25.9 Å². The van der Waals surface area contributed by atoms with Gasteiger partial charge in [-0.05, 0) is 81.7 Å². The molecule has 0 amide bonds. The van der Waals surface area contributed by atoms with E-state index >= 15 is 0 Å². The van der Waals surface area contributed by atoms with E-state index in [9.17, 15) is 0 Å². The van der Waals surface area contributed by atoms with Crippen LogP contribution in [0.15, 0.2) is 0 Å². The van der Waals surface area contributed by atoms with Gasteiger partial charge in [-0.1, -0.05) is 0 Å². The average Bonchev–Trinajstić information content (AvgIpc) is 2.34. The highest BCUT2D eigenvalue weighted by Gasteiger charge is 2.48. The molecule has 0 unspecified atom stereocenters. The van der Waals surface area contributed by atoms with E-state index < -0.39 is 0 Å². The van der Waals surface area contributed by atoms with Crippen molar-refractivity contribution in [2.45, 2.75) is 57.0 Å². The molecule has 0 aromatic heterocycles. The van der Waals surface area contributed by atoms with Crippen molar-refractivity contribution in [1.82, 2.24) is 10.6 Å². The van der Waals surface area contributed by atoms with Gasteiger partial charge in [-0.15, -0.1) is 24.8 Å². The summed E-state index contributed by atoms with van der Waals surface area (Å²) in [6.45, 7) is 2.45. The number of hydrogen-bond donors (Lipinski definition) is 2. The molecule has 112 valence electrons. The molecule has 1 saturated heterocycles. The van der Waals surface area contributed by atoms with Crippen molar-refractivity contribution in [1.29, 1.82) is 0 Å². The van der Waals surface area contributed by atoms with Crippen molar-refractivity contribution in [3.05, 3.63) is 0 Å². The molecule has 1 heterocycles. The van der Waals surface area contributed by atoms with Crippen LogP contribution in [0.25, 0.3) is 0 Å². The molecule has 2 N–H and O–H groups in total. The van der Waals surface area contributed by atoms with Gasteiger partial charge in [-0.2, -0.15) is 0 Å². The second kappa shape index (κ2) is 6.51. The molecule has 0 aromatic carbocycles. The van der Waals surface area contributed by atoms with Crippen LogP contribution < -0.4 is 10.6 Å². The maximum Gasteiger partial charge on any atom is 0.0127 e. The summed E-state index contributed by atoms with van der Waals surface area (Å²) in [4.78, 5) is 0. The fourth-order valence-electron chi connectivity index (χ4n) is 5.46. The van der Waals surface area contributed by atoms with E-state index in [4.69, 9.17) is 0 Å². The molecule has 4 bridgehead atoms. The zero-order valence-electron chi connectivity index (χ0n) is 11.6. The summed E-state index contributed by atoms with van der Waals surface area (Å²) in [5, 5.41) is 7.54. The van der Waals surface area contributed by atoms with E-state index in [2.05, 4.69) is 10.6 Å². The summed E-state index contributed by atoms with van der Waals surface area (Å²) >= 11 is 0. The monoisotopic (exact) mass is 306 g/mol. The van der Waals surface area contributed by atoms with Crippen LogP contribution in [-0.2, 0) is 0 Å². The summed E-state index contributed by atoms with van der Waals surface area (Å²) in [6, 6.07) is 1.71. The fourth-order valence-corrected chi connectivity index (χ4v) is 5.46. The first-order valence-corrected chi connectivity index (χ1v) is 7.85. The molecule has 0 spiro atoms. The van der Waals surface area contributed by atoms with Crippen molar-refractivity contribution in [2.75, 3.05) is 13.1 Å². The summed E-state index contributed by atoms with van der Waals surface area (Å²) in [5.41, 5.74) is 0. The van der Waals surface area contributed by atoms with Gasteiger partial charge in [0.05, 0.1) is 0 Å². The van der Waals surface area contributed by atoms with Crippen LogP contribution in [0.3, 0.4) is 0 Å². The van der Waals surface area contributed by atoms with E-state index in [0.29, 0.717) is 0 Å². The van der Waals surface area contributed by atoms with Crippen LogP contribution in [0.2, 0.25) is 0 Å². The van der Waals surface area contributed by atoms with Gasteiger partial charge in [0.2, 0.25) is 0 Å². The Kier molecular flexibility index (Phi) is 5.44. The minimum absolute atomic E-state index is 0. The lowest BCUT2D eigenvalue weighted by atomic mass is 9.54. The van der Waals surface area contributed by atoms with E-state index in [0.717, 1.165) is 35.8 Å². The molecule has 0 aromatic rings. The average molecular weight is 307 g/mol. The first kappa shape index (κ1) is 15.9. The minimum Gasteiger partial charge on any atom is -0.317 e. The van der Waals surface area contributed by atoms with Gasteiger partial charge in [0.15, 0.2) is 0 Å². The maximum atomic E-state index is 4.06. The number of halogens is 2. The smallest absolute Gasteiger partial charge is 0.0127 e. The van der Waals surface area contributed by atoms with Crippen LogP contribution >= 0.6 is 24.8 Å². The molecule has 5 rings (SSSR count). The van der Waals surface area contributed by atoms with Crippen molar-refractivity contribution in [2.24, 2.45) is 23.7 Å². The Morgan fingerprint density at radius 2 is 1.26 bits per heavy atom. The molecule has 4 saturated carbocycles. The first-order chi connectivity index (χ1) is 8.38. The van der Waals surface area contributed by atoms with Gasteiger partial charge in [-0.3, -0.25) is 0 Å². The van der Waals surface area contributed by atoms with Gasteiger partial charge in [-0.25, -0.2) is 0 Å². The zero-order chi connectivity index (χ0) is 11.2. The Labute approximate surface area is 129 Å². The lowest BCUT2D eigenvalue weighted by molar-refractivity contribution is -0.0188. The predicted octanol–water partition coefficient (Wildman–Crippen LogP) is 3.00. The number of rotatable bonds is 2. The second-order valence-electron chi connectivity index (χ2n) is 7.15. The Balaban J connectivity index is 0.000000667. The topological polar surface area (TPSA) is 24.1 Å².